The van der Waals surface area contributed by atoms with Crippen LogP contribution in [0.2, 0.25) is 5.02 Å². The minimum Gasteiger partial charge on any atom is -0.352 e. The topological polar surface area (TPSA) is 83.6 Å². The Morgan fingerprint density at radius 2 is 1.76 bits per heavy atom. The van der Waals surface area contributed by atoms with Gasteiger partial charge in [0.1, 0.15) is 0 Å². The van der Waals surface area contributed by atoms with Crippen LogP contribution in [-0.4, -0.2) is 26.8 Å². The molecule has 0 fully saturated rings. The van der Waals surface area contributed by atoms with Gasteiger partial charge in [0, 0.05) is 17.1 Å². The maximum absolute atomic E-state index is 13.6. The highest BCUT2D eigenvalue weighted by Crippen LogP contribution is 2.38. The Kier molecular flexibility index (Phi) is 6.77. The predicted molar refractivity (Wildman–Crippen MR) is 132 cm³/mol. The van der Waals surface area contributed by atoms with Crippen molar-refractivity contribution in [1.29, 1.82) is 0 Å². The normalized spacial score (nSPS) is 14.4. The van der Waals surface area contributed by atoms with E-state index in [0.29, 0.717) is 17.5 Å². The van der Waals surface area contributed by atoms with Crippen LogP contribution < -0.4 is 10.2 Å². The standard InChI is InChI=1S/C26H25ClN2O4S/c1-17(2)12-13-28-25(30)19-10-11-24-22(15-19)29(16-18-6-5-7-20(27)14-18)26(31)21-8-3-4-9-23(21)34(24,32)33/h3-11,14-15,17H,12-13,16H2,1-2H3,(H,28,30). The van der Waals surface area contributed by atoms with E-state index in [4.69, 9.17) is 11.6 Å². The molecule has 1 aliphatic rings. The fraction of sp³-hybridized carbons (Fsp3) is 0.231. The van der Waals surface area contributed by atoms with Gasteiger partial charge in [0.15, 0.2) is 0 Å². The zero-order valence-corrected chi connectivity index (χ0v) is 20.5. The van der Waals surface area contributed by atoms with Crippen LogP contribution in [0.4, 0.5) is 5.69 Å². The van der Waals surface area contributed by atoms with Gasteiger partial charge in [-0.15, -0.1) is 0 Å². The summed E-state index contributed by atoms with van der Waals surface area (Å²) in [6.45, 7) is 4.73. The third-order valence-corrected chi connectivity index (χ3v) is 7.78. The van der Waals surface area contributed by atoms with Crippen molar-refractivity contribution < 1.29 is 18.0 Å². The fourth-order valence-electron chi connectivity index (χ4n) is 3.90. The highest BCUT2D eigenvalue weighted by atomic mass is 35.5. The largest absolute Gasteiger partial charge is 0.352 e. The smallest absolute Gasteiger partial charge is 0.259 e. The molecule has 0 atom stereocenters. The average molecular weight is 497 g/mol. The number of nitrogens with one attached hydrogen (secondary N) is 1. The Morgan fingerprint density at radius 3 is 2.50 bits per heavy atom. The van der Waals surface area contributed by atoms with Crippen molar-refractivity contribution in [1.82, 2.24) is 5.32 Å². The van der Waals surface area contributed by atoms with Gasteiger partial charge in [0.05, 0.1) is 27.6 Å². The molecule has 0 spiro atoms. The highest BCUT2D eigenvalue weighted by Gasteiger charge is 2.36. The van der Waals surface area contributed by atoms with E-state index in [2.05, 4.69) is 19.2 Å². The molecule has 3 aromatic carbocycles. The van der Waals surface area contributed by atoms with Crippen LogP contribution in [0.3, 0.4) is 0 Å². The van der Waals surface area contributed by atoms with Gasteiger partial charge in [-0.3, -0.25) is 9.59 Å². The van der Waals surface area contributed by atoms with Gasteiger partial charge in [0.25, 0.3) is 11.8 Å². The molecule has 0 radical (unpaired) electrons. The number of halogens is 1. The van der Waals surface area contributed by atoms with Gasteiger partial charge in [0.2, 0.25) is 9.84 Å². The van der Waals surface area contributed by atoms with Crippen molar-refractivity contribution in [3.63, 3.8) is 0 Å². The molecule has 1 aliphatic heterocycles. The summed E-state index contributed by atoms with van der Waals surface area (Å²) in [5.74, 6) is -0.352. The number of benzene rings is 3. The van der Waals surface area contributed by atoms with Crippen molar-refractivity contribution in [3.8, 4) is 0 Å². The van der Waals surface area contributed by atoms with E-state index in [1.807, 2.05) is 6.07 Å². The summed E-state index contributed by atoms with van der Waals surface area (Å²) in [6, 6.07) is 17.6. The Morgan fingerprint density at radius 1 is 1.00 bits per heavy atom. The molecule has 3 aromatic rings. The van der Waals surface area contributed by atoms with Gasteiger partial charge < -0.3 is 10.2 Å². The van der Waals surface area contributed by atoms with E-state index < -0.39 is 15.7 Å². The van der Waals surface area contributed by atoms with Crippen molar-refractivity contribution >= 4 is 38.9 Å². The number of hydrogen-bond acceptors (Lipinski definition) is 4. The first kappa shape index (κ1) is 24.0. The highest BCUT2D eigenvalue weighted by molar-refractivity contribution is 7.91. The lowest BCUT2D eigenvalue weighted by atomic mass is 10.1. The van der Waals surface area contributed by atoms with Crippen LogP contribution in [-0.2, 0) is 16.4 Å². The quantitative estimate of drug-likeness (QED) is 0.514. The summed E-state index contributed by atoms with van der Waals surface area (Å²) < 4.78 is 27.1. The molecular weight excluding hydrogens is 472 g/mol. The zero-order valence-electron chi connectivity index (χ0n) is 18.9. The Bertz CT molecular complexity index is 1370. The van der Waals surface area contributed by atoms with E-state index >= 15 is 0 Å². The van der Waals surface area contributed by atoms with E-state index in [0.717, 1.165) is 12.0 Å². The molecule has 0 aromatic heterocycles. The number of nitrogens with zero attached hydrogens (tertiary/aromatic N) is 1. The minimum atomic E-state index is -4.00. The van der Waals surface area contributed by atoms with Gasteiger partial charge in [-0.1, -0.05) is 49.7 Å². The van der Waals surface area contributed by atoms with Gasteiger partial charge in [-0.2, -0.15) is 0 Å². The minimum absolute atomic E-state index is 0.0217. The molecule has 0 saturated carbocycles. The molecule has 0 unspecified atom stereocenters. The van der Waals surface area contributed by atoms with Crippen LogP contribution in [0.15, 0.2) is 76.5 Å². The molecule has 34 heavy (non-hydrogen) atoms. The number of carbonyl (C=O) groups excluding carboxylic acids is 2. The molecule has 4 rings (SSSR count). The molecule has 8 heteroatoms. The number of rotatable bonds is 6. The summed E-state index contributed by atoms with van der Waals surface area (Å²) in [5.41, 5.74) is 1.27. The summed E-state index contributed by atoms with van der Waals surface area (Å²) >= 11 is 6.14. The summed E-state index contributed by atoms with van der Waals surface area (Å²) in [6.07, 6.45) is 0.819. The van der Waals surface area contributed by atoms with E-state index in [1.54, 1.807) is 30.3 Å². The van der Waals surface area contributed by atoms with E-state index in [1.165, 1.54) is 35.2 Å². The van der Waals surface area contributed by atoms with Gasteiger partial charge >= 0.3 is 0 Å². The SMILES string of the molecule is CC(C)CCNC(=O)c1ccc2c(c1)N(Cc1cccc(Cl)c1)C(=O)c1ccccc1S2(=O)=O. The fourth-order valence-corrected chi connectivity index (χ4v) is 5.74. The molecule has 176 valence electrons. The first-order chi connectivity index (χ1) is 16.2. The summed E-state index contributed by atoms with van der Waals surface area (Å²) in [4.78, 5) is 27.7. The second kappa shape index (κ2) is 9.60. The van der Waals surface area contributed by atoms with Crippen LogP contribution in [0, 0.1) is 5.92 Å². The molecule has 1 heterocycles. The number of anilines is 1. The molecule has 0 aliphatic carbocycles. The molecule has 6 nitrogen and oxygen atoms in total. The van der Waals surface area contributed by atoms with Crippen LogP contribution >= 0.6 is 11.6 Å². The molecule has 1 N–H and O–H groups in total. The van der Waals surface area contributed by atoms with E-state index in [9.17, 15) is 18.0 Å². The predicted octanol–water partition coefficient (Wildman–Crippen LogP) is 5.11. The van der Waals surface area contributed by atoms with E-state index in [-0.39, 0.29) is 39.1 Å². The third kappa shape index (κ3) is 4.72. The lowest BCUT2D eigenvalue weighted by molar-refractivity contribution is 0.0948. The maximum atomic E-state index is 13.6. The lowest BCUT2D eigenvalue weighted by Crippen LogP contribution is -2.31. The lowest BCUT2D eigenvalue weighted by Gasteiger charge is -2.23. The molecule has 0 bridgehead atoms. The summed E-state index contributed by atoms with van der Waals surface area (Å²) in [5, 5.41) is 3.37. The number of fused-ring (bicyclic) bond motifs is 2. The van der Waals surface area contributed by atoms with Crippen molar-refractivity contribution in [2.45, 2.75) is 36.6 Å². The first-order valence-corrected chi connectivity index (χ1v) is 12.9. The number of sulfone groups is 1. The Hall–Kier alpha value is -3.16. The second-order valence-corrected chi connectivity index (χ2v) is 11.0. The molecular formula is C26H25ClN2O4S. The monoisotopic (exact) mass is 496 g/mol. The molecule has 0 saturated heterocycles. The Labute approximate surface area is 204 Å². The first-order valence-electron chi connectivity index (χ1n) is 11.0. The zero-order chi connectivity index (χ0) is 24.5. The number of amides is 2. The second-order valence-electron chi connectivity index (χ2n) is 8.64. The van der Waals surface area contributed by atoms with Gasteiger partial charge in [-0.25, -0.2) is 8.42 Å². The van der Waals surface area contributed by atoms with Crippen molar-refractivity contribution in [2.75, 3.05) is 11.4 Å². The van der Waals surface area contributed by atoms with Crippen LogP contribution in [0.1, 0.15) is 46.5 Å². The average Bonchev–Trinajstić information content (AvgIpc) is 2.87. The van der Waals surface area contributed by atoms with Crippen LogP contribution in [0.5, 0.6) is 0 Å². The third-order valence-electron chi connectivity index (χ3n) is 5.69. The number of hydrogen-bond donors (Lipinski definition) is 1. The number of carbonyl (C=O) groups is 2. The molecule has 2 amide bonds. The van der Waals surface area contributed by atoms with Crippen LogP contribution in [0.25, 0.3) is 0 Å². The summed E-state index contributed by atoms with van der Waals surface area (Å²) in [7, 11) is -4.00. The maximum Gasteiger partial charge on any atom is 0.259 e. The van der Waals surface area contributed by atoms with Gasteiger partial charge in [-0.05, 0) is 60.4 Å². The van der Waals surface area contributed by atoms with Crippen molar-refractivity contribution in [2.24, 2.45) is 5.92 Å². The Balaban J connectivity index is 1.84. The van der Waals surface area contributed by atoms with Crippen molar-refractivity contribution in [3.05, 3.63) is 88.4 Å².